The first-order valence-electron chi connectivity index (χ1n) is 6.39. The Kier molecular flexibility index (Phi) is 6.02. The van der Waals surface area contributed by atoms with Gasteiger partial charge in [-0.15, -0.1) is 0 Å². The second kappa shape index (κ2) is 7.53. The van der Waals surface area contributed by atoms with Crippen molar-refractivity contribution in [3.05, 3.63) is 29.8 Å². The number of nitrogens with one attached hydrogen (secondary N) is 2. The van der Waals surface area contributed by atoms with E-state index >= 15 is 0 Å². The average Bonchev–Trinajstić information content (AvgIpc) is 2.44. The molecule has 19 heavy (non-hydrogen) atoms. The van der Waals surface area contributed by atoms with E-state index in [0.29, 0.717) is 30.1 Å². The van der Waals surface area contributed by atoms with Crippen LogP contribution in [0.25, 0.3) is 0 Å². The predicted molar refractivity (Wildman–Crippen MR) is 75.9 cm³/mol. The van der Waals surface area contributed by atoms with Gasteiger partial charge in [-0.3, -0.25) is 9.59 Å². The first-order chi connectivity index (χ1) is 9.06. The van der Waals surface area contributed by atoms with Gasteiger partial charge in [-0.1, -0.05) is 13.0 Å². The van der Waals surface area contributed by atoms with E-state index < -0.39 is 0 Å². The fraction of sp³-hybridized carbons (Fsp3) is 0.429. The van der Waals surface area contributed by atoms with E-state index in [1.54, 1.807) is 31.3 Å². The normalized spacial score (nSPS) is 11.7. The Morgan fingerprint density at radius 2 is 2.11 bits per heavy atom. The van der Waals surface area contributed by atoms with E-state index in [4.69, 9.17) is 5.73 Å². The number of rotatable bonds is 6. The van der Waals surface area contributed by atoms with Crippen LogP contribution < -0.4 is 16.4 Å². The van der Waals surface area contributed by atoms with Gasteiger partial charge in [0.15, 0.2) is 0 Å². The topological polar surface area (TPSA) is 84.2 Å². The molecule has 0 aliphatic carbocycles. The number of benzene rings is 1. The molecule has 0 heterocycles. The fourth-order valence-corrected chi connectivity index (χ4v) is 1.60. The molecule has 0 aromatic heterocycles. The van der Waals surface area contributed by atoms with E-state index in [1.165, 1.54) is 0 Å². The maximum atomic E-state index is 11.7. The summed E-state index contributed by atoms with van der Waals surface area (Å²) in [5.74, 6) is 0.102. The van der Waals surface area contributed by atoms with Crippen LogP contribution in [0.15, 0.2) is 24.3 Å². The van der Waals surface area contributed by atoms with Gasteiger partial charge in [0.05, 0.1) is 0 Å². The van der Waals surface area contributed by atoms with Crippen molar-refractivity contribution in [2.45, 2.75) is 19.8 Å². The molecule has 0 radical (unpaired) electrons. The van der Waals surface area contributed by atoms with Crippen molar-refractivity contribution in [3.63, 3.8) is 0 Å². The lowest BCUT2D eigenvalue weighted by Crippen LogP contribution is -2.19. The van der Waals surface area contributed by atoms with E-state index in [0.717, 1.165) is 6.42 Å². The van der Waals surface area contributed by atoms with Gasteiger partial charge in [0.1, 0.15) is 0 Å². The molecule has 0 bridgehead atoms. The monoisotopic (exact) mass is 263 g/mol. The van der Waals surface area contributed by atoms with Crippen molar-refractivity contribution in [2.24, 2.45) is 11.7 Å². The first kappa shape index (κ1) is 15.2. The molecule has 1 rings (SSSR count). The molecule has 104 valence electrons. The largest absolute Gasteiger partial charge is 0.355 e. The van der Waals surface area contributed by atoms with Gasteiger partial charge in [0.25, 0.3) is 5.91 Å². The minimum absolute atomic E-state index is 0.0608. The first-order valence-corrected chi connectivity index (χ1v) is 6.39. The molecule has 2 amide bonds. The number of nitrogens with two attached hydrogens (primary N) is 1. The summed E-state index contributed by atoms with van der Waals surface area (Å²) in [6.07, 6.45) is 1.19. The van der Waals surface area contributed by atoms with E-state index in [2.05, 4.69) is 10.6 Å². The minimum Gasteiger partial charge on any atom is -0.355 e. The number of hydrogen-bond acceptors (Lipinski definition) is 3. The second-order valence-electron chi connectivity index (χ2n) is 4.59. The van der Waals surface area contributed by atoms with Crippen LogP contribution in [-0.2, 0) is 4.79 Å². The molecule has 0 fully saturated rings. The van der Waals surface area contributed by atoms with Crippen LogP contribution in [0.2, 0.25) is 0 Å². The van der Waals surface area contributed by atoms with Crippen LogP contribution in [0.3, 0.4) is 0 Å². The van der Waals surface area contributed by atoms with Gasteiger partial charge in [-0.05, 0) is 37.1 Å². The highest BCUT2D eigenvalue weighted by Gasteiger charge is 2.08. The molecule has 1 atom stereocenters. The summed E-state index contributed by atoms with van der Waals surface area (Å²) in [6, 6.07) is 6.85. The summed E-state index contributed by atoms with van der Waals surface area (Å²) in [6.45, 7) is 2.60. The summed E-state index contributed by atoms with van der Waals surface area (Å²) in [4.78, 5) is 23.2. The lowest BCUT2D eigenvalue weighted by atomic mass is 10.1. The Bertz CT molecular complexity index is 446. The highest BCUT2D eigenvalue weighted by atomic mass is 16.2. The fourth-order valence-electron chi connectivity index (χ4n) is 1.60. The minimum atomic E-state index is -0.173. The van der Waals surface area contributed by atoms with Crippen LogP contribution in [-0.4, -0.2) is 25.4 Å². The number of anilines is 1. The average molecular weight is 263 g/mol. The molecular formula is C14H21N3O2. The summed E-state index contributed by atoms with van der Waals surface area (Å²) in [7, 11) is 1.57. The molecule has 0 aliphatic rings. The molecule has 0 saturated carbocycles. The van der Waals surface area contributed by atoms with E-state index in [-0.39, 0.29) is 11.8 Å². The number of amides is 2. The second-order valence-corrected chi connectivity index (χ2v) is 4.59. The molecule has 4 N–H and O–H groups in total. The molecule has 1 aromatic rings. The van der Waals surface area contributed by atoms with Gasteiger partial charge in [-0.2, -0.15) is 0 Å². The summed E-state index contributed by atoms with van der Waals surface area (Å²) in [5, 5.41) is 5.32. The lowest BCUT2D eigenvalue weighted by molar-refractivity contribution is -0.116. The highest BCUT2D eigenvalue weighted by molar-refractivity contribution is 5.97. The molecular weight excluding hydrogens is 242 g/mol. The number of carbonyl (C=O) groups excluding carboxylic acids is 2. The third kappa shape index (κ3) is 5.09. The summed E-state index contributed by atoms with van der Waals surface area (Å²) >= 11 is 0. The van der Waals surface area contributed by atoms with Crippen molar-refractivity contribution in [1.82, 2.24) is 5.32 Å². The van der Waals surface area contributed by atoms with Crippen LogP contribution >= 0.6 is 0 Å². The molecule has 5 nitrogen and oxygen atoms in total. The molecule has 0 aliphatic heterocycles. The predicted octanol–water partition coefficient (Wildman–Crippen LogP) is 1.36. The van der Waals surface area contributed by atoms with Gasteiger partial charge in [0, 0.05) is 24.7 Å². The van der Waals surface area contributed by atoms with Gasteiger partial charge < -0.3 is 16.4 Å². The molecule has 0 spiro atoms. The van der Waals surface area contributed by atoms with E-state index in [9.17, 15) is 9.59 Å². The Morgan fingerprint density at radius 1 is 1.37 bits per heavy atom. The summed E-state index contributed by atoms with van der Waals surface area (Å²) < 4.78 is 0. The Morgan fingerprint density at radius 3 is 2.74 bits per heavy atom. The van der Waals surface area contributed by atoms with E-state index in [1.807, 2.05) is 6.92 Å². The highest BCUT2D eigenvalue weighted by Crippen LogP contribution is 2.12. The zero-order valence-corrected chi connectivity index (χ0v) is 11.4. The maximum Gasteiger partial charge on any atom is 0.251 e. The van der Waals surface area contributed by atoms with Crippen LogP contribution in [0.1, 0.15) is 30.1 Å². The molecule has 1 aromatic carbocycles. The van der Waals surface area contributed by atoms with Crippen molar-refractivity contribution < 1.29 is 9.59 Å². The maximum absolute atomic E-state index is 11.7. The van der Waals surface area contributed by atoms with Crippen LogP contribution in [0.4, 0.5) is 5.69 Å². The number of hydrogen-bond donors (Lipinski definition) is 3. The van der Waals surface area contributed by atoms with Gasteiger partial charge in [-0.25, -0.2) is 0 Å². The van der Waals surface area contributed by atoms with Crippen LogP contribution in [0.5, 0.6) is 0 Å². The van der Waals surface area contributed by atoms with Crippen LogP contribution in [0, 0.1) is 5.92 Å². The zero-order valence-electron chi connectivity index (χ0n) is 11.4. The zero-order chi connectivity index (χ0) is 14.3. The molecule has 0 saturated heterocycles. The lowest BCUT2D eigenvalue weighted by Gasteiger charge is -2.09. The van der Waals surface area contributed by atoms with Crippen molar-refractivity contribution in [2.75, 3.05) is 18.9 Å². The number of carbonyl (C=O) groups is 2. The Balaban J connectivity index is 2.57. The Labute approximate surface area is 113 Å². The molecule has 1 unspecified atom stereocenters. The third-order valence-corrected chi connectivity index (χ3v) is 2.90. The SMILES string of the molecule is CNC(=O)c1cccc(NC(=O)CCC(C)CN)c1. The standard InChI is InChI=1S/C14H21N3O2/c1-10(9-15)6-7-13(18)17-12-5-3-4-11(8-12)14(19)16-2/h3-5,8,10H,6-7,9,15H2,1-2H3,(H,16,19)(H,17,18). The molecule has 5 heteroatoms. The van der Waals surface area contributed by atoms with Crippen molar-refractivity contribution >= 4 is 17.5 Å². The van der Waals surface area contributed by atoms with Crippen molar-refractivity contribution in [1.29, 1.82) is 0 Å². The summed E-state index contributed by atoms with van der Waals surface area (Å²) in [5.41, 5.74) is 6.66. The quantitative estimate of drug-likeness (QED) is 0.724. The third-order valence-electron chi connectivity index (χ3n) is 2.90. The van der Waals surface area contributed by atoms with Crippen molar-refractivity contribution in [3.8, 4) is 0 Å². The smallest absolute Gasteiger partial charge is 0.251 e. The van der Waals surface area contributed by atoms with Gasteiger partial charge in [0.2, 0.25) is 5.91 Å². The Hall–Kier alpha value is -1.88. The van der Waals surface area contributed by atoms with Gasteiger partial charge >= 0.3 is 0 Å².